The van der Waals surface area contributed by atoms with Crippen LogP contribution in [0.3, 0.4) is 0 Å². The van der Waals surface area contributed by atoms with Gasteiger partial charge in [-0.15, -0.1) is 0 Å². The lowest BCUT2D eigenvalue weighted by molar-refractivity contribution is 0.531. The molecule has 18 heavy (non-hydrogen) atoms. The molecule has 0 aliphatic heterocycles. The fourth-order valence-corrected chi connectivity index (χ4v) is 2.13. The third-order valence-electron chi connectivity index (χ3n) is 3.03. The van der Waals surface area contributed by atoms with E-state index in [1.165, 1.54) is 6.07 Å². The highest BCUT2D eigenvalue weighted by atomic mass is 19.1. The maximum absolute atomic E-state index is 14.0. The van der Waals surface area contributed by atoms with Gasteiger partial charge in [-0.2, -0.15) is 5.10 Å². The Balaban J connectivity index is 2.48. The number of nitrogens with one attached hydrogen (secondary N) is 1. The van der Waals surface area contributed by atoms with Crippen LogP contribution in [-0.4, -0.2) is 16.3 Å². The minimum Gasteiger partial charge on any atom is -0.305 e. The van der Waals surface area contributed by atoms with Crippen LogP contribution in [0, 0.1) is 12.7 Å². The third-order valence-corrected chi connectivity index (χ3v) is 3.03. The van der Waals surface area contributed by atoms with E-state index in [-0.39, 0.29) is 11.9 Å². The minimum absolute atomic E-state index is 0.164. The highest BCUT2D eigenvalue weighted by molar-refractivity contribution is 5.32. The van der Waals surface area contributed by atoms with Gasteiger partial charge in [0.25, 0.3) is 0 Å². The summed E-state index contributed by atoms with van der Waals surface area (Å²) in [7, 11) is 1.87. The van der Waals surface area contributed by atoms with Crippen LogP contribution in [0.4, 0.5) is 4.39 Å². The molecule has 1 N–H and O–H groups in total. The van der Waals surface area contributed by atoms with E-state index in [2.05, 4.69) is 10.4 Å². The van der Waals surface area contributed by atoms with E-state index in [1.54, 1.807) is 16.9 Å². The van der Waals surface area contributed by atoms with E-state index in [0.717, 1.165) is 17.8 Å². The zero-order valence-corrected chi connectivity index (χ0v) is 10.9. The molecule has 0 saturated carbocycles. The van der Waals surface area contributed by atoms with Gasteiger partial charge in [0.05, 0.1) is 11.7 Å². The standard InChI is InChI=1S/C14H18FN3/c1-4-16-14(13-7-8-17-18(13)3)11-9-10(2)5-6-12(11)15/h5-9,14,16H,4H2,1-3H3. The van der Waals surface area contributed by atoms with Crippen LogP contribution in [-0.2, 0) is 7.05 Å². The predicted octanol–water partition coefficient (Wildman–Crippen LogP) is 2.57. The number of rotatable bonds is 4. The second-order valence-electron chi connectivity index (χ2n) is 4.40. The zero-order chi connectivity index (χ0) is 13.1. The largest absolute Gasteiger partial charge is 0.305 e. The van der Waals surface area contributed by atoms with E-state index in [1.807, 2.05) is 33.0 Å². The van der Waals surface area contributed by atoms with Gasteiger partial charge in [-0.3, -0.25) is 4.68 Å². The molecule has 0 fully saturated rings. The summed E-state index contributed by atoms with van der Waals surface area (Å²) >= 11 is 0. The Morgan fingerprint density at radius 2 is 2.17 bits per heavy atom. The molecule has 0 radical (unpaired) electrons. The Bertz CT molecular complexity index is 534. The fourth-order valence-electron chi connectivity index (χ4n) is 2.13. The molecule has 96 valence electrons. The number of aryl methyl sites for hydroxylation is 2. The van der Waals surface area contributed by atoms with Crippen molar-refractivity contribution >= 4 is 0 Å². The highest BCUT2D eigenvalue weighted by Gasteiger charge is 2.19. The second kappa shape index (κ2) is 5.31. The number of halogens is 1. The molecule has 1 heterocycles. The Morgan fingerprint density at radius 1 is 1.39 bits per heavy atom. The summed E-state index contributed by atoms with van der Waals surface area (Å²) in [6.45, 7) is 4.75. The SMILES string of the molecule is CCNC(c1cc(C)ccc1F)c1ccnn1C. The predicted molar refractivity (Wildman–Crippen MR) is 69.9 cm³/mol. The lowest BCUT2D eigenvalue weighted by Crippen LogP contribution is -2.25. The van der Waals surface area contributed by atoms with Gasteiger partial charge in [0, 0.05) is 18.8 Å². The first-order valence-electron chi connectivity index (χ1n) is 6.10. The molecule has 3 nitrogen and oxygen atoms in total. The molecule has 1 unspecified atom stereocenters. The average Bonchev–Trinajstić information content (AvgIpc) is 2.76. The molecule has 0 saturated heterocycles. The van der Waals surface area contributed by atoms with Gasteiger partial charge >= 0.3 is 0 Å². The van der Waals surface area contributed by atoms with Gasteiger partial charge in [-0.25, -0.2) is 4.39 Å². The maximum atomic E-state index is 14.0. The number of nitrogens with zero attached hydrogens (tertiary/aromatic N) is 2. The summed E-state index contributed by atoms with van der Waals surface area (Å²) in [5, 5.41) is 7.46. The molecule has 0 amide bonds. The zero-order valence-electron chi connectivity index (χ0n) is 10.9. The molecule has 2 rings (SSSR count). The van der Waals surface area contributed by atoms with Crippen LogP contribution in [0.2, 0.25) is 0 Å². The van der Waals surface area contributed by atoms with Crippen LogP contribution in [0.25, 0.3) is 0 Å². The third kappa shape index (κ3) is 2.43. The summed E-state index contributed by atoms with van der Waals surface area (Å²) in [4.78, 5) is 0. The summed E-state index contributed by atoms with van der Waals surface area (Å²) in [5.74, 6) is -0.187. The van der Waals surface area contributed by atoms with E-state index in [0.29, 0.717) is 5.56 Å². The van der Waals surface area contributed by atoms with Gasteiger partial charge < -0.3 is 5.32 Å². The second-order valence-corrected chi connectivity index (χ2v) is 4.40. The van der Waals surface area contributed by atoms with Crippen molar-refractivity contribution in [1.82, 2.24) is 15.1 Å². The van der Waals surface area contributed by atoms with Crippen molar-refractivity contribution in [2.75, 3.05) is 6.54 Å². The Labute approximate surface area is 107 Å². The van der Waals surface area contributed by atoms with Gasteiger partial charge in [0.2, 0.25) is 0 Å². The van der Waals surface area contributed by atoms with Crippen molar-refractivity contribution in [2.24, 2.45) is 7.05 Å². The number of benzene rings is 1. The highest BCUT2D eigenvalue weighted by Crippen LogP contribution is 2.24. The lowest BCUT2D eigenvalue weighted by atomic mass is 10.0. The monoisotopic (exact) mass is 247 g/mol. The van der Waals surface area contributed by atoms with Crippen LogP contribution < -0.4 is 5.32 Å². The van der Waals surface area contributed by atoms with E-state index in [9.17, 15) is 4.39 Å². The molecular formula is C14H18FN3. The summed E-state index contributed by atoms with van der Waals surface area (Å²) in [5.41, 5.74) is 2.68. The molecule has 2 aromatic rings. The lowest BCUT2D eigenvalue weighted by Gasteiger charge is -2.19. The van der Waals surface area contributed by atoms with Crippen LogP contribution in [0.15, 0.2) is 30.5 Å². The van der Waals surface area contributed by atoms with E-state index >= 15 is 0 Å². The van der Waals surface area contributed by atoms with Crippen LogP contribution in [0.5, 0.6) is 0 Å². The van der Waals surface area contributed by atoms with Gasteiger partial charge in [-0.1, -0.05) is 24.6 Å². The molecule has 1 aromatic heterocycles. The summed E-state index contributed by atoms with van der Waals surface area (Å²) < 4.78 is 15.8. The van der Waals surface area contributed by atoms with Crippen molar-refractivity contribution < 1.29 is 4.39 Å². The minimum atomic E-state index is -0.187. The van der Waals surface area contributed by atoms with E-state index < -0.39 is 0 Å². The number of hydrogen-bond acceptors (Lipinski definition) is 2. The molecular weight excluding hydrogens is 229 g/mol. The normalized spacial score (nSPS) is 12.7. The molecule has 0 spiro atoms. The molecule has 1 aromatic carbocycles. The number of aromatic nitrogens is 2. The molecule has 0 aliphatic carbocycles. The Hall–Kier alpha value is -1.68. The summed E-state index contributed by atoms with van der Waals surface area (Å²) in [6.07, 6.45) is 1.73. The number of hydrogen-bond donors (Lipinski definition) is 1. The van der Waals surface area contributed by atoms with Crippen molar-refractivity contribution in [1.29, 1.82) is 0 Å². The quantitative estimate of drug-likeness (QED) is 0.900. The van der Waals surface area contributed by atoms with Gasteiger partial charge in [0.15, 0.2) is 0 Å². The first-order chi connectivity index (χ1) is 8.63. The first-order valence-corrected chi connectivity index (χ1v) is 6.10. The van der Waals surface area contributed by atoms with Gasteiger partial charge in [0.1, 0.15) is 5.82 Å². The topological polar surface area (TPSA) is 29.9 Å². The summed E-state index contributed by atoms with van der Waals surface area (Å²) in [6, 6.07) is 6.93. The van der Waals surface area contributed by atoms with E-state index in [4.69, 9.17) is 0 Å². The first kappa shape index (κ1) is 12.8. The molecule has 0 bridgehead atoms. The smallest absolute Gasteiger partial charge is 0.128 e. The molecule has 1 atom stereocenters. The van der Waals surface area contributed by atoms with Crippen molar-refractivity contribution in [3.63, 3.8) is 0 Å². The van der Waals surface area contributed by atoms with Gasteiger partial charge in [-0.05, 0) is 25.6 Å². The van der Waals surface area contributed by atoms with Crippen molar-refractivity contribution in [2.45, 2.75) is 19.9 Å². The van der Waals surface area contributed by atoms with Crippen LogP contribution >= 0.6 is 0 Å². The Morgan fingerprint density at radius 3 is 2.78 bits per heavy atom. The van der Waals surface area contributed by atoms with Crippen molar-refractivity contribution in [3.8, 4) is 0 Å². The average molecular weight is 247 g/mol. The maximum Gasteiger partial charge on any atom is 0.128 e. The molecule has 4 heteroatoms. The van der Waals surface area contributed by atoms with Crippen LogP contribution in [0.1, 0.15) is 29.8 Å². The Kier molecular flexibility index (Phi) is 3.77. The van der Waals surface area contributed by atoms with Crippen molar-refractivity contribution in [3.05, 3.63) is 53.1 Å². The fraction of sp³-hybridized carbons (Fsp3) is 0.357. The molecule has 0 aliphatic rings.